The first-order chi connectivity index (χ1) is 8.42. The van der Waals surface area contributed by atoms with Gasteiger partial charge in [-0.05, 0) is 36.8 Å². The van der Waals surface area contributed by atoms with E-state index < -0.39 is 0 Å². The Balaban J connectivity index is 1.50. The minimum Gasteiger partial charge on any atom is -0.382 e. The Morgan fingerprint density at radius 1 is 1.18 bits per heavy atom. The molecule has 1 aliphatic carbocycles. The normalized spacial score (nSPS) is 23.6. The molecule has 92 valence electrons. The monoisotopic (exact) mass is 231 g/mol. The second kappa shape index (κ2) is 5.09. The number of ether oxygens (including phenoxy) is 1. The number of benzene rings is 1. The standard InChI is InChI=1S/C15H21NO/c1-2-4-15-13(3-1)7-8-14(11-16-15)17-10-9-12-5-6-12/h1-4,12,14,16H,5-11H2. The molecule has 1 N–H and O–H groups in total. The van der Waals surface area contributed by atoms with Crippen molar-refractivity contribution in [3.05, 3.63) is 29.8 Å². The van der Waals surface area contributed by atoms with Crippen molar-refractivity contribution < 1.29 is 4.74 Å². The van der Waals surface area contributed by atoms with Crippen LogP contribution in [0.4, 0.5) is 5.69 Å². The summed E-state index contributed by atoms with van der Waals surface area (Å²) in [5.41, 5.74) is 2.72. The SMILES string of the molecule is c1ccc2c(c1)CCC(OCCC1CC1)CN2. The number of aryl methyl sites for hydroxylation is 1. The van der Waals surface area contributed by atoms with Gasteiger partial charge in [-0.25, -0.2) is 0 Å². The molecule has 0 radical (unpaired) electrons. The van der Waals surface area contributed by atoms with E-state index in [1.807, 2.05) is 0 Å². The molecule has 2 aliphatic rings. The van der Waals surface area contributed by atoms with Crippen molar-refractivity contribution >= 4 is 5.69 Å². The molecule has 1 saturated carbocycles. The van der Waals surface area contributed by atoms with Crippen molar-refractivity contribution in [2.24, 2.45) is 5.92 Å². The maximum Gasteiger partial charge on any atom is 0.0750 e. The second-order valence-corrected chi connectivity index (χ2v) is 5.30. The van der Waals surface area contributed by atoms with E-state index in [0.717, 1.165) is 31.9 Å². The van der Waals surface area contributed by atoms with E-state index in [1.54, 1.807) is 0 Å². The molecule has 2 nitrogen and oxygen atoms in total. The van der Waals surface area contributed by atoms with E-state index >= 15 is 0 Å². The topological polar surface area (TPSA) is 21.3 Å². The zero-order chi connectivity index (χ0) is 11.5. The fourth-order valence-corrected chi connectivity index (χ4v) is 2.50. The number of nitrogens with one attached hydrogen (secondary N) is 1. The molecule has 17 heavy (non-hydrogen) atoms. The minimum atomic E-state index is 0.390. The molecular formula is C15H21NO. The molecule has 0 spiro atoms. The number of hydrogen-bond donors (Lipinski definition) is 1. The third kappa shape index (κ3) is 3.01. The van der Waals surface area contributed by atoms with Gasteiger partial charge in [-0.1, -0.05) is 31.0 Å². The fraction of sp³-hybridized carbons (Fsp3) is 0.600. The highest BCUT2D eigenvalue weighted by Gasteiger charge is 2.22. The van der Waals surface area contributed by atoms with Crippen molar-refractivity contribution in [3.63, 3.8) is 0 Å². The van der Waals surface area contributed by atoms with Gasteiger partial charge in [0.2, 0.25) is 0 Å². The van der Waals surface area contributed by atoms with E-state index in [-0.39, 0.29) is 0 Å². The van der Waals surface area contributed by atoms with Crippen LogP contribution in [0.5, 0.6) is 0 Å². The van der Waals surface area contributed by atoms with Crippen molar-refractivity contribution in [3.8, 4) is 0 Å². The molecule has 1 heterocycles. The molecule has 1 unspecified atom stereocenters. The number of hydrogen-bond acceptors (Lipinski definition) is 2. The van der Waals surface area contributed by atoms with Crippen molar-refractivity contribution in [2.45, 2.75) is 38.2 Å². The average Bonchev–Trinajstić information content (AvgIpc) is 3.17. The van der Waals surface area contributed by atoms with Crippen LogP contribution in [-0.2, 0) is 11.2 Å². The molecule has 1 aromatic rings. The van der Waals surface area contributed by atoms with Crippen LogP contribution in [0.15, 0.2) is 24.3 Å². The predicted molar refractivity (Wildman–Crippen MR) is 70.3 cm³/mol. The lowest BCUT2D eigenvalue weighted by atomic mass is 10.1. The van der Waals surface area contributed by atoms with E-state index in [1.165, 1.54) is 30.5 Å². The van der Waals surface area contributed by atoms with Gasteiger partial charge in [-0.15, -0.1) is 0 Å². The van der Waals surface area contributed by atoms with Crippen molar-refractivity contribution in [2.75, 3.05) is 18.5 Å². The summed E-state index contributed by atoms with van der Waals surface area (Å²) in [6, 6.07) is 8.60. The van der Waals surface area contributed by atoms with Crippen molar-refractivity contribution in [1.82, 2.24) is 0 Å². The molecular weight excluding hydrogens is 210 g/mol. The Labute approximate surface area is 103 Å². The second-order valence-electron chi connectivity index (χ2n) is 5.30. The fourth-order valence-electron chi connectivity index (χ4n) is 2.50. The summed E-state index contributed by atoms with van der Waals surface area (Å²) in [5.74, 6) is 0.978. The molecule has 0 bridgehead atoms. The van der Waals surface area contributed by atoms with Gasteiger partial charge in [0.25, 0.3) is 0 Å². The van der Waals surface area contributed by atoms with Crippen LogP contribution in [0.25, 0.3) is 0 Å². The highest BCUT2D eigenvalue weighted by molar-refractivity contribution is 5.51. The lowest BCUT2D eigenvalue weighted by Gasteiger charge is -2.15. The first-order valence-corrected chi connectivity index (χ1v) is 6.85. The smallest absolute Gasteiger partial charge is 0.0750 e. The summed E-state index contributed by atoms with van der Waals surface area (Å²) in [5, 5.41) is 3.50. The summed E-state index contributed by atoms with van der Waals surface area (Å²) >= 11 is 0. The summed E-state index contributed by atoms with van der Waals surface area (Å²) in [6.07, 6.45) is 6.80. The third-order valence-electron chi connectivity index (χ3n) is 3.85. The highest BCUT2D eigenvalue weighted by Crippen LogP contribution is 2.32. The Hall–Kier alpha value is -1.02. The predicted octanol–water partition coefficient (Wildman–Crippen LogP) is 3.23. The van der Waals surface area contributed by atoms with Crippen LogP contribution in [0, 0.1) is 5.92 Å². The summed E-state index contributed by atoms with van der Waals surface area (Å²) in [6.45, 7) is 1.91. The van der Waals surface area contributed by atoms with Gasteiger partial charge < -0.3 is 10.1 Å². The van der Waals surface area contributed by atoms with Gasteiger partial charge in [-0.2, -0.15) is 0 Å². The van der Waals surface area contributed by atoms with E-state index in [9.17, 15) is 0 Å². The Bertz CT molecular complexity index is 346. The highest BCUT2D eigenvalue weighted by atomic mass is 16.5. The zero-order valence-corrected chi connectivity index (χ0v) is 10.3. The van der Waals surface area contributed by atoms with E-state index in [2.05, 4.69) is 29.6 Å². The Morgan fingerprint density at radius 2 is 2.06 bits per heavy atom. The molecule has 1 aliphatic heterocycles. The van der Waals surface area contributed by atoms with Gasteiger partial charge in [-0.3, -0.25) is 0 Å². The third-order valence-corrected chi connectivity index (χ3v) is 3.85. The number of rotatable bonds is 4. The number of para-hydroxylation sites is 1. The van der Waals surface area contributed by atoms with Gasteiger partial charge in [0.1, 0.15) is 0 Å². The molecule has 2 heteroatoms. The lowest BCUT2D eigenvalue weighted by Crippen LogP contribution is -2.22. The number of fused-ring (bicyclic) bond motifs is 1. The van der Waals surface area contributed by atoms with Crippen LogP contribution in [0.3, 0.4) is 0 Å². The van der Waals surface area contributed by atoms with E-state index in [4.69, 9.17) is 4.74 Å². The maximum atomic E-state index is 5.98. The van der Waals surface area contributed by atoms with Crippen LogP contribution in [0.2, 0.25) is 0 Å². The van der Waals surface area contributed by atoms with Crippen LogP contribution in [-0.4, -0.2) is 19.3 Å². The average molecular weight is 231 g/mol. The summed E-state index contributed by atoms with van der Waals surface area (Å²) < 4.78 is 5.98. The molecule has 1 aromatic carbocycles. The maximum absolute atomic E-state index is 5.98. The minimum absolute atomic E-state index is 0.390. The number of anilines is 1. The lowest BCUT2D eigenvalue weighted by molar-refractivity contribution is 0.0535. The molecule has 3 rings (SSSR count). The Morgan fingerprint density at radius 3 is 2.94 bits per heavy atom. The van der Waals surface area contributed by atoms with Gasteiger partial charge >= 0.3 is 0 Å². The van der Waals surface area contributed by atoms with Gasteiger partial charge in [0.05, 0.1) is 6.10 Å². The molecule has 0 saturated heterocycles. The van der Waals surface area contributed by atoms with E-state index in [0.29, 0.717) is 6.10 Å². The van der Waals surface area contributed by atoms with Crippen molar-refractivity contribution in [1.29, 1.82) is 0 Å². The Kier molecular flexibility index (Phi) is 3.32. The summed E-state index contributed by atoms with van der Waals surface area (Å²) in [7, 11) is 0. The first kappa shape index (κ1) is 11.1. The van der Waals surface area contributed by atoms with Crippen LogP contribution >= 0.6 is 0 Å². The van der Waals surface area contributed by atoms with Gasteiger partial charge in [0.15, 0.2) is 0 Å². The quantitative estimate of drug-likeness (QED) is 0.859. The molecule has 1 fully saturated rings. The summed E-state index contributed by atoms with van der Waals surface area (Å²) in [4.78, 5) is 0. The van der Waals surface area contributed by atoms with Crippen LogP contribution < -0.4 is 5.32 Å². The molecule has 0 amide bonds. The zero-order valence-electron chi connectivity index (χ0n) is 10.3. The molecule has 0 aromatic heterocycles. The molecule has 1 atom stereocenters. The van der Waals surface area contributed by atoms with Gasteiger partial charge in [0, 0.05) is 18.8 Å². The largest absolute Gasteiger partial charge is 0.382 e. The first-order valence-electron chi connectivity index (χ1n) is 6.85. The van der Waals surface area contributed by atoms with Crippen LogP contribution in [0.1, 0.15) is 31.2 Å².